The van der Waals surface area contributed by atoms with E-state index in [1.807, 2.05) is 11.7 Å². The van der Waals surface area contributed by atoms with E-state index >= 15 is 0 Å². The summed E-state index contributed by atoms with van der Waals surface area (Å²) in [4.78, 5) is 12.2. The minimum atomic E-state index is 0.0664. The fourth-order valence-electron chi connectivity index (χ4n) is 4.28. The number of aromatic nitrogens is 2. The Bertz CT molecular complexity index is 1090. The first-order valence-electron chi connectivity index (χ1n) is 10.2. The number of benzene rings is 2. The lowest BCUT2D eigenvalue weighted by molar-refractivity contribution is -0.116. The van der Waals surface area contributed by atoms with Crippen LogP contribution in [0.1, 0.15) is 50.3 Å². The number of anilines is 2. The Hall–Kier alpha value is -2.82. The molecule has 2 heterocycles. The fraction of sp³-hybridized carbons (Fsp3) is 0.391. The van der Waals surface area contributed by atoms with E-state index in [4.69, 9.17) is 5.10 Å². The van der Waals surface area contributed by atoms with Gasteiger partial charge in [0.15, 0.2) is 0 Å². The van der Waals surface area contributed by atoms with Crippen LogP contribution in [0.2, 0.25) is 0 Å². The Kier molecular flexibility index (Phi) is 3.93. The SMILES string of the molecule is CCc1cc2c(c(-c3ccc4c(c3)c(C3CC3)nn4C)c1)NC(C)CC(=O)N2. The van der Waals surface area contributed by atoms with E-state index in [1.54, 1.807) is 0 Å². The van der Waals surface area contributed by atoms with Gasteiger partial charge in [0.1, 0.15) is 0 Å². The fourth-order valence-corrected chi connectivity index (χ4v) is 4.28. The highest BCUT2D eigenvalue weighted by Crippen LogP contribution is 2.44. The van der Waals surface area contributed by atoms with E-state index in [0.29, 0.717) is 12.3 Å². The highest BCUT2D eigenvalue weighted by Gasteiger charge is 2.29. The zero-order chi connectivity index (χ0) is 19.4. The number of amides is 1. The lowest BCUT2D eigenvalue weighted by Gasteiger charge is -2.18. The van der Waals surface area contributed by atoms with Crippen LogP contribution < -0.4 is 10.6 Å². The van der Waals surface area contributed by atoms with Gasteiger partial charge in [0.25, 0.3) is 0 Å². The first kappa shape index (κ1) is 17.3. The van der Waals surface area contributed by atoms with Gasteiger partial charge in [-0.05, 0) is 61.6 Å². The second-order valence-electron chi connectivity index (χ2n) is 8.23. The standard InChI is InChI=1S/C23H26N4O/c1-4-14-10-17(23-19(11-14)25-21(28)9-13(2)24-23)16-7-8-20-18(12-16)22(15-5-6-15)26-27(20)3/h7-8,10-13,15,24H,4-6,9H2,1-3H3,(H,25,28). The van der Waals surface area contributed by atoms with Gasteiger partial charge >= 0.3 is 0 Å². The Balaban J connectivity index is 1.71. The summed E-state index contributed by atoms with van der Waals surface area (Å²) in [5.41, 5.74) is 7.86. The Morgan fingerprint density at radius 3 is 2.79 bits per heavy atom. The smallest absolute Gasteiger partial charge is 0.226 e. The number of carbonyl (C=O) groups is 1. The van der Waals surface area contributed by atoms with Crippen LogP contribution in [0, 0.1) is 0 Å². The molecule has 2 aromatic carbocycles. The van der Waals surface area contributed by atoms with Gasteiger partial charge in [-0.1, -0.05) is 13.0 Å². The Morgan fingerprint density at radius 2 is 2.04 bits per heavy atom. The average Bonchev–Trinajstić information content (AvgIpc) is 3.47. The summed E-state index contributed by atoms with van der Waals surface area (Å²) in [5, 5.41) is 12.7. The quantitative estimate of drug-likeness (QED) is 0.691. The predicted octanol–water partition coefficient (Wildman–Crippen LogP) is 4.82. The molecule has 1 amide bonds. The van der Waals surface area contributed by atoms with Gasteiger partial charge in [0, 0.05) is 36.4 Å². The third kappa shape index (κ3) is 2.86. The summed E-state index contributed by atoms with van der Waals surface area (Å²) in [6.45, 7) is 4.21. The minimum Gasteiger partial charge on any atom is -0.380 e. The van der Waals surface area contributed by atoms with Crippen LogP contribution in [0.3, 0.4) is 0 Å². The van der Waals surface area contributed by atoms with Crippen molar-refractivity contribution in [3.05, 3.63) is 41.6 Å². The molecule has 3 aromatic rings. The van der Waals surface area contributed by atoms with Crippen molar-refractivity contribution in [2.24, 2.45) is 7.05 Å². The summed E-state index contributed by atoms with van der Waals surface area (Å²) in [7, 11) is 2.02. The molecule has 1 aliphatic heterocycles. The molecular formula is C23H26N4O. The normalized spacial score (nSPS) is 19.1. The van der Waals surface area contributed by atoms with E-state index in [-0.39, 0.29) is 11.9 Å². The molecule has 1 atom stereocenters. The van der Waals surface area contributed by atoms with E-state index in [9.17, 15) is 4.79 Å². The molecule has 28 heavy (non-hydrogen) atoms. The maximum absolute atomic E-state index is 12.2. The van der Waals surface area contributed by atoms with Gasteiger partial charge < -0.3 is 10.6 Å². The molecule has 0 spiro atoms. The molecular weight excluding hydrogens is 348 g/mol. The van der Waals surface area contributed by atoms with Crippen LogP contribution in [0.25, 0.3) is 22.0 Å². The van der Waals surface area contributed by atoms with Crippen LogP contribution in [0.5, 0.6) is 0 Å². The Morgan fingerprint density at radius 1 is 1.21 bits per heavy atom. The van der Waals surface area contributed by atoms with Crippen LogP contribution in [-0.4, -0.2) is 21.7 Å². The molecule has 5 heteroatoms. The van der Waals surface area contributed by atoms with Crippen LogP contribution in [0.15, 0.2) is 30.3 Å². The van der Waals surface area contributed by atoms with E-state index in [2.05, 4.69) is 54.8 Å². The first-order valence-corrected chi connectivity index (χ1v) is 10.2. The monoisotopic (exact) mass is 374 g/mol. The molecule has 1 saturated carbocycles. The molecule has 5 rings (SSSR count). The summed E-state index contributed by atoms with van der Waals surface area (Å²) in [6, 6.07) is 11.1. The molecule has 5 nitrogen and oxygen atoms in total. The molecule has 0 radical (unpaired) electrons. The second kappa shape index (κ2) is 6.36. The second-order valence-corrected chi connectivity index (χ2v) is 8.23. The highest BCUT2D eigenvalue weighted by molar-refractivity contribution is 6.01. The maximum Gasteiger partial charge on any atom is 0.226 e. The number of rotatable bonds is 3. The molecule has 1 unspecified atom stereocenters. The van der Waals surface area contributed by atoms with Crippen LogP contribution in [-0.2, 0) is 18.3 Å². The third-order valence-corrected chi connectivity index (χ3v) is 5.92. The summed E-state index contributed by atoms with van der Waals surface area (Å²) < 4.78 is 2.00. The zero-order valence-electron chi connectivity index (χ0n) is 16.7. The van der Waals surface area contributed by atoms with Crippen molar-refractivity contribution < 1.29 is 4.79 Å². The highest BCUT2D eigenvalue weighted by atomic mass is 16.1. The van der Waals surface area contributed by atoms with Crippen molar-refractivity contribution in [1.82, 2.24) is 9.78 Å². The average molecular weight is 374 g/mol. The molecule has 1 fully saturated rings. The number of hydrogen-bond donors (Lipinski definition) is 2. The molecule has 1 aliphatic carbocycles. The predicted molar refractivity (Wildman–Crippen MR) is 114 cm³/mol. The van der Waals surface area contributed by atoms with Crippen molar-refractivity contribution in [1.29, 1.82) is 0 Å². The number of nitrogens with one attached hydrogen (secondary N) is 2. The van der Waals surface area contributed by atoms with Gasteiger partial charge in [0.05, 0.1) is 22.6 Å². The van der Waals surface area contributed by atoms with Crippen molar-refractivity contribution >= 4 is 28.2 Å². The summed E-state index contributed by atoms with van der Waals surface area (Å²) in [6.07, 6.45) is 3.88. The number of carbonyl (C=O) groups excluding carboxylic acids is 1. The topological polar surface area (TPSA) is 59.0 Å². The molecule has 2 N–H and O–H groups in total. The lowest BCUT2D eigenvalue weighted by atomic mass is 9.96. The summed E-state index contributed by atoms with van der Waals surface area (Å²) >= 11 is 0. The van der Waals surface area contributed by atoms with Crippen molar-refractivity contribution in [3.8, 4) is 11.1 Å². The van der Waals surface area contributed by atoms with Gasteiger partial charge in [-0.25, -0.2) is 0 Å². The number of nitrogens with zero attached hydrogens (tertiary/aromatic N) is 2. The summed E-state index contributed by atoms with van der Waals surface area (Å²) in [5.74, 6) is 0.673. The van der Waals surface area contributed by atoms with Gasteiger partial charge in [-0.2, -0.15) is 5.10 Å². The van der Waals surface area contributed by atoms with Gasteiger partial charge in [-0.15, -0.1) is 0 Å². The van der Waals surface area contributed by atoms with Gasteiger partial charge in [-0.3, -0.25) is 9.48 Å². The van der Waals surface area contributed by atoms with E-state index in [0.717, 1.165) is 23.4 Å². The van der Waals surface area contributed by atoms with Gasteiger partial charge in [0.2, 0.25) is 5.91 Å². The largest absolute Gasteiger partial charge is 0.380 e. The molecule has 144 valence electrons. The third-order valence-electron chi connectivity index (χ3n) is 5.92. The lowest BCUT2D eigenvalue weighted by Crippen LogP contribution is -2.19. The van der Waals surface area contributed by atoms with E-state index < -0.39 is 0 Å². The number of hydrogen-bond acceptors (Lipinski definition) is 3. The van der Waals surface area contributed by atoms with Crippen molar-refractivity contribution in [3.63, 3.8) is 0 Å². The number of aryl methyl sites for hydroxylation is 2. The molecule has 1 aromatic heterocycles. The molecule has 0 saturated heterocycles. The first-order chi connectivity index (χ1) is 13.5. The van der Waals surface area contributed by atoms with Crippen molar-refractivity contribution in [2.75, 3.05) is 10.6 Å². The Labute approximate surface area is 165 Å². The minimum absolute atomic E-state index is 0.0664. The molecule has 2 aliphatic rings. The zero-order valence-corrected chi connectivity index (χ0v) is 16.7. The maximum atomic E-state index is 12.2. The van der Waals surface area contributed by atoms with Crippen molar-refractivity contribution in [2.45, 2.75) is 51.5 Å². The van der Waals surface area contributed by atoms with Crippen LogP contribution >= 0.6 is 0 Å². The molecule has 0 bridgehead atoms. The number of fused-ring (bicyclic) bond motifs is 2. The van der Waals surface area contributed by atoms with E-state index in [1.165, 1.54) is 40.6 Å². The van der Waals surface area contributed by atoms with Crippen LogP contribution in [0.4, 0.5) is 11.4 Å².